The standard InChI is InChI=1S/C22H18F2N2O2/c1-2-26-11-14(9-13-10-15(23)7-8-18(13)24)21-17(12-26)20(22(27)28)16-5-3-4-6-19(16)25-21/h3-10H,2,11-12H2,1H3,(H,27,28)/b14-9+. The van der Waals surface area contributed by atoms with Crippen LogP contribution in [0.25, 0.3) is 22.6 Å². The predicted molar refractivity (Wildman–Crippen MR) is 104 cm³/mol. The van der Waals surface area contributed by atoms with Crippen molar-refractivity contribution < 1.29 is 18.7 Å². The molecule has 0 fully saturated rings. The lowest BCUT2D eigenvalue weighted by Crippen LogP contribution is -2.31. The third-order valence-corrected chi connectivity index (χ3v) is 5.02. The monoisotopic (exact) mass is 380 g/mol. The highest BCUT2D eigenvalue weighted by molar-refractivity contribution is 6.06. The number of hydrogen-bond acceptors (Lipinski definition) is 3. The van der Waals surface area contributed by atoms with Gasteiger partial charge in [0.05, 0.1) is 16.8 Å². The lowest BCUT2D eigenvalue weighted by Gasteiger charge is -2.30. The highest BCUT2D eigenvalue weighted by atomic mass is 19.1. The summed E-state index contributed by atoms with van der Waals surface area (Å²) in [5, 5.41) is 10.5. The molecule has 4 rings (SSSR count). The molecule has 4 nitrogen and oxygen atoms in total. The quantitative estimate of drug-likeness (QED) is 0.722. The highest BCUT2D eigenvalue weighted by Crippen LogP contribution is 2.34. The number of aromatic carboxylic acids is 1. The fourth-order valence-corrected chi connectivity index (χ4v) is 3.66. The van der Waals surface area contributed by atoms with E-state index < -0.39 is 17.6 Å². The summed E-state index contributed by atoms with van der Waals surface area (Å²) in [7, 11) is 0. The van der Waals surface area contributed by atoms with Crippen molar-refractivity contribution in [3.63, 3.8) is 0 Å². The van der Waals surface area contributed by atoms with Crippen molar-refractivity contribution in [1.82, 2.24) is 9.88 Å². The number of carboxylic acids is 1. The summed E-state index contributed by atoms with van der Waals surface area (Å²) in [6, 6.07) is 10.4. The first-order valence-electron chi connectivity index (χ1n) is 9.01. The van der Waals surface area contributed by atoms with E-state index in [0.717, 1.165) is 18.2 Å². The normalized spacial score (nSPS) is 15.8. The first kappa shape index (κ1) is 18.3. The Hall–Kier alpha value is -3.12. The molecule has 0 radical (unpaired) electrons. The van der Waals surface area contributed by atoms with Crippen molar-refractivity contribution in [3.8, 4) is 0 Å². The number of aromatic nitrogens is 1. The van der Waals surface area contributed by atoms with Gasteiger partial charge in [0.25, 0.3) is 0 Å². The van der Waals surface area contributed by atoms with Gasteiger partial charge >= 0.3 is 5.97 Å². The molecule has 142 valence electrons. The van der Waals surface area contributed by atoms with E-state index in [9.17, 15) is 18.7 Å². The van der Waals surface area contributed by atoms with Gasteiger partial charge in [-0.2, -0.15) is 0 Å². The van der Waals surface area contributed by atoms with Crippen molar-refractivity contribution in [2.24, 2.45) is 0 Å². The fraction of sp³-hybridized carbons (Fsp3) is 0.182. The number of carboxylic acid groups (broad SMARTS) is 1. The van der Waals surface area contributed by atoms with Crippen molar-refractivity contribution in [3.05, 3.63) is 76.5 Å². The Kier molecular flexibility index (Phi) is 4.65. The summed E-state index contributed by atoms with van der Waals surface area (Å²) in [4.78, 5) is 18.8. The minimum absolute atomic E-state index is 0.116. The van der Waals surface area contributed by atoms with E-state index >= 15 is 0 Å². The summed E-state index contributed by atoms with van der Waals surface area (Å²) in [6.07, 6.45) is 1.56. The summed E-state index contributed by atoms with van der Waals surface area (Å²) in [5.41, 5.74) is 2.69. The SMILES string of the molecule is CCN1C/C(=C\c2cc(F)ccc2F)c2nc3ccccc3c(C(=O)O)c2C1. The van der Waals surface area contributed by atoms with E-state index in [4.69, 9.17) is 0 Å². The Balaban J connectivity index is 2.00. The molecule has 0 atom stereocenters. The van der Waals surface area contributed by atoms with Crippen LogP contribution in [0.1, 0.15) is 34.1 Å². The lowest BCUT2D eigenvalue weighted by atomic mass is 9.92. The molecular weight excluding hydrogens is 362 g/mol. The van der Waals surface area contributed by atoms with Gasteiger partial charge < -0.3 is 5.11 Å². The number of halogens is 2. The number of rotatable bonds is 3. The molecule has 1 aliphatic rings. The smallest absolute Gasteiger partial charge is 0.336 e. The topological polar surface area (TPSA) is 53.4 Å². The van der Waals surface area contributed by atoms with Crippen LogP contribution in [0.4, 0.5) is 8.78 Å². The van der Waals surface area contributed by atoms with Gasteiger partial charge in [0, 0.05) is 29.6 Å². The van der Waals surface area contributed by atoms with Gasteiger partial charge in [0.15, 0.2) is 0 Å². The van der Waals surface area contributed by atoms with E-state index in [0.29, 0.717) is 47.4 Å². The largest absolute Gasteiger partial charge is 0.478 e. The Morgan fingerprint density at radius 1 is 1.21 bits per heavy atom. The van der Waals surface area contributed by atoms with Gasteiger partial charge in [-0.15, -0.1) is 0 Å². The zero-order valence-corrected chi connectivity index (χ0v) is 15.2. The maximum absolute atomic E-state index is 14.2. The molecule has 28 heavy (non-hydrogen) atoms. The lowest BCUT2D eigenvalue weighted by molar-refractivity contribution is 0.0696. The van der Waals surface area contributed by atoms with Crippen LogP contribution >= 0.6 is 0 Å². The predicted octanol–water partition coefficient (Wildman–Crippen LogP) is 4.59. The van der Waals surface area contributed by atoms with Crippen LogP contribution in [0.15, 0.2) is 42.5 Å². The molecule has 1 aliphatic heterocycles. The second-order valence-electron chi connectivity index (χ2n) is 6.77. The van der Waals surface area contributed by atoms with Crippen LogP contribution in [0.3, 0.4) is 0 Å². The van der Waals surface area contributed by atoms with E-state index in [2.05, 4.69) is 4.98 Å². The van der Waals surface area contributed by atoms with Crippen LogP contribution in [-0.4, -0.2) is 34.0 Å². The van der Waals surface area contributed by atoms with Crippen LogP contribution in [0.5, 0.6) is 0 Å². The Morgan fingerprint density at radius 3 is 2.75 bits per heavy atom. The van der Waals surface area contributed by atoms with Gasteiger partial charge in [0.2, 0.25) is 0 Å². The van der Waals surface area contributed by atoms with Crippen LogP contribution in [-0.2, 0) is 6.54 Å². The Bertz CT molecular complexity index is 1120. The second-order valence-corrected chi connectivity index (χ2v) is 6.77. The number of pyridine rings is 1. The number of para-hydroxylation sites is 1. The Labute approximate surface area is 160 Å². The van der Waals surface area contributed by atoms with Crippen molar-refractivity contribution in [2.75, 3.05) is 13.1 Å². The van der Waals surface area contributed by atoms with Crippen molar-refractivity contribution in [1.29, 1.82) is 0 Å². The van der Waals surface area contributed by atoms with Gasteiger partial charge in [0.1, 0.15) is 11.6 Å². The zero-order valence-electron chi connectivity index (χ0n) is 15.2. The summed E-state index contributed by atoms with van der Waals surface area (Å²) in [5.74, 6) is -2.10. The molecular formula is C22H18F2N2O2. The number of carbonyl (C=O) groups is 1. The highest BCUT2D eigenvalue weighted by Gasteiger charge is 2.28. The van der Waals surface area contributed by atoms with E-state index in [1.807, 2.05) is 11.8 Å². The third-order valence-electron chi connectivity index (χ3n) is 5.02. The van der Waals surface area contributed by atoms with Gasteiger partial charge in [-0.1, -0.05) is 25.1 Å². The average Bonchev–Trinajstić information content (AvgIpc) is 2.68. The van der Waals surface area contributed by atoms with Crippen molar-refractivity contribution in [2.45, 2.75) is 13.5 Å². The molecule has 1 aromatic heterocycles. The number of benzene rings is 2. The molecule has 6 heteroatoms. The van der Waals surface area contributed by atoms with Crippen LogP contribution < -0.4 is 0 Å². The summed E-state index contributed by atoms with van der Waals surface area (Å²) in [6.45, 7) is 3.58. The number of likely N-dealkylation sites (N-methyl/N-ethyl adjacent to an activating group) is 1. The molecule has 0 spiro atoms. The number of fused-ring (bicyclic) bond motifs is 2. The molecule has 0 amide bonds. The maximum Gasteiger partial charge on any atom is 0.336 e. The molecule has 0 bridgehead atoms. The minimum Gasteiger partial charge on any atom is -0.478 e. The zero-order chi connectivity index (χ0) is 19.8. The fourth-order valence-electron chi connectivity index (χ4n) is 3.66. The minimum atomic E-state index is -1.02. The number of hydrogen-bond donors (Lipinski definition) is 1. The molecule has 1 N–H and O–H groups in total. The van der Waals surface area contributed by atoms with Gasteiger partial charge in [-0.05, 0) is 42.5 Å². The molecule has 0 aliphatic carbocycles. The van der Waals surface area contributed by atoms with Gasteiger partial charge in [-0.3, -0.25) is 4.90 Å². The second kappa shape index (κ2) is 7.13. The third kappa shape index (κ3) is 3.16. The first-order valence-corrected chi connectivity index (χ1v) is 9.01. The maximum atomic E-state index is 14.2. The molecule has 0 unspecified atom stereocenters. The molecule has 3 aromatic rings. The van der Waals surface area contributed by atoms with E-state index in [1.54, 1.807) is 30.3 Å². The average molecular weight is 380 g/mol. The van der Waals surface area contributed by atoms with Crippen LogP contribution in [0, 0.1) is 11.6 Å². The molecule has 0 saturated heterocycles. The van der Waals surface area contributed by atoms with E-state index in [1.165, 1.54) is 0 Å². The van der Waals surface area contributed by atoms with Gasteiger partial charge in [-0.25, -0.2) is 18.6 Å². The molecule has 0 saturated carbocycles. The number of nitrogens with zero attached hydrogens (tertiary/aromatic N) is 2. The summed E-state index contributed by atoms with van der Waals surface area (Å²) < 4.78 is 27.8. The summed E-state index contributed by atoms with van der Waals surface area (Å²) >= 11 is 0. The van der Waals surface area contributed by atoms with Crippen molar-refractivity contribution >= 4 is 28.5 Å². The first-order chi connectivity index (χ1) is 13.5. The van der Waals surface area contributed by atoms with Crippen LogP contribution in [0.2, 0.25) is 0 Å². The Morgan fingerprint density at radius 2 is 2.00 bits per heavy atom. The molecule has 2 aromatic carbocycles. The molecule has 2 heterocycles. The van der Waals surface area contributed by atoms with E-state index in [-0.39, 0.29) is 11.1 Å².